The smallest absolute Gasteiger partial charge is 0.261 e. The summed E-state index contributed by atoms with van der Waals surface area (Å²) in [5.41, 5.74) is 1.40. The molecule has 0 atom stereocenters. The van der Waals surface area contributed by atoms with E-state index in [1.165, 1.54) is 12.1 Å². The molecule has 138 valence electrons. The molecule has 1 heterocycles. The molecule has 0 bridgehead atoms. The summed E-state index contributed by atoms with van der Waals surface area (Å²) in [6, 6.07) is 11.7. The molecule has 1 N–H and O–H groups in total. The van der Waals surface area contributed by atoms with Gasteiger partial charge in [-0.05, 0) is 48.5 Å². The lowest BCUT2D eigenvalue weighted by Gasteiger charge is -2.35. The van der Waals surface area contributed by atoms with Crippen molar-refractivity contribution in [3.05, 3.63) is 54.3 Å². The van der Waals surface area contributed by atoms with Gasteiger partial charge in [-0.25, -0.2) is 12.8 Å². The second kappa shape index (κ2) is 7.33. The second-order valence-electron chi connectivity index (χ2n) is 6.10. The first-order valence-electron chi connectivity index (χ1n) is 8.24. The van der Waals surface area contributed by atoms with Crippen LogP contribution in [-0.2, 0) is 14.8 Å². The van der Waals surface area contributed by atoms with Gasteiger partial charge in [0.25, 0.3) is 10.0 Å². The molecule has 0 aromatic heterocycles. The molecule has 2 aromatic carbocycles. The molecular formula is C18H20FN3O3S. The predicted octanol–water partition coefficient (Wildman–Crippen LogP) is 2.30. The molecule has 8 heteroatoms. The highest BCUT2D eigenvalue weighted by Crippen LogP contribution is 2.22. The fourth-order valence-electron chi connectivity index (χ4n) is 2.85. The average molecular weight is 377 g/mol. The molecule has 1 amide bonds. The number of carbonyl (C=O) groups is 1. The maximum Gasteiger partial charge on any atom is 0.261 e. The molecule has 1 aliphatic heterocycles. The van der Waals surface area contributed by atoms with Gasteiger partial charge in [-0.1, -0.05) is 0 Å². The van der Waals surface area contributed by atoms with Crippen LogP contribution in [0.3, 0.4) is 0 Å². The highest BCUT2D eigenvalue weighted by atomic mass is 32.2. The van der Waals surface area contributed by atoms with Gasteiger partial charge in [0.2, 0.25) is 5.91 Å². The molecule has 26 heavy (non-hydrogen) atoms. The van der Waals surface area contributed by atoms with Gasteiger partial charge in [0, 0.05) is 44.5 Å². The number of carbonyl (C=O) groups excluding carboxylic acids is 1. The summed E-state index contributed by atoms with van der Waals surface area (Å²) in [5, 5.41) is 0. The maximum atomic E-state index is 12.9. The Morgan fingerprint density at radius 2 is 1.54 bits per heavy atom. The first-order chi connectivity index (χ1) is 12.3. The number of hydrogen-bond acceptors (Lipinski definition) is 4. The van der Waals surface area contributed by atoms with Gasteiger partial charge in [0.1, 0.15) is 5.82 Å². The molecule has 0 aliphatic carbocycles. The number of hydrogen-bond donors (Lipinski definition) is 1. The topological polar surface area (TPSA) is 69.7 Å². The number of amides is 1. The van der Waals surface area contributed by atoms with E-state index < -0.39 is 15.8 Å². The van der Waals surface area contributed by atoms with Gasteiger partial charge >= 0.3 is 0 Å². The van der Waals surface area contributed by atoms with E-state index >= 15 is 0 Å². The zero-order valence-electron chi connectivity index (χ0n) is 14.4. The number of anilines is 2. The summed E-state index contributed by atoms with van der Waals surface area (Å²) >= 11 is 0. The number of nitrogens with zero attached hydrogens (tertiary/aromatic N) is 2. The standard InChI is InChI=1S/C18H20FN3O3S/c1-14(23)21-10-12-22(13-11-21)17-6-4-16(5-7-17)20-26(24,25)18-8-2-15(19)3-9-18/h2-9,20H,10-13H2,1H3. The monoisotopic (exact) mass is 377 g/mol. The molecular weight excluding hydrogens is 357 g/mol. The number of benzene rings is 2. The van der Waals surface area contributed by atoms with Crippen molar-refractivity contribution >= 4 is 27.3 Å². The van der Waals surface area contributed by atoms with Crippen LogP contribution in [0.4, 0.5) is 15.8 Å². The summed E-state index contributed by atoms with van der Waals surface area (Å²) in [4.78, 5) is 15.3. The molecule has 3 rings (SSSR count). The molecule has 1 aliphatic rings. The number of halogens is 1. The Bertz CT molecular complexity index is 875. The molecule has 1 saturated heterocycles. The Kier molecular flexibility index (Phi) is 5.13. The number of sulfonamides is 1. The first-order valence-corrected chi connectivity index (χ1v) is 9.72. The Morgan fingerprint density at radius 3 is 2.08 bits per heavy atom. The zero-order valence-corrected chi connectivity index (χ0v) is 15.2. The van der Waals surface area contributed by atoms with Crippen LogP contribution in [0.1, 0.15) is 6.92 Å². The van der Waals surface area contributed by atoms with Gasteiger partial charge in [-0.2, -0.15) is 0 Å². The SMILES string of the molecule is CC(=O)N1CCN(c2ccc(NS(=O)(=O)c3ccc(F)cc3)cc2)CC1. The van der Waals surface area contributed by atoms with Crippen molar-refractivity contribution in [1.82, 2.24) is 4.90 Å². The summed E-state index contributed by atoms with van der Waals surface area (Å²) < 4.78 is 40.1. The van der Waals surface area contributed by atoms with Crippen molar-refractivity contribution in [3.63, 3.8) is 0 Å². The van der Waals surface area contributed by atoms with E-state index in [9.17, 15) is 17.6 Å². The quantitative estimate of drug-likeness (QED) is 0.888. The Morgan fingerprint density at radius 1 is 0.962 bits per heavy atom. The van der Waals surface area contributed by atoms with Crippen molar-refractivity contribution in [1.29, 1.82) is 0 Å². The molecule has 1 fully saturated rings. The summed E-state index contributed by atoms with van der Waals surface area (Å²) in [5.74, 6) is -0.409. The van der Waals surface area contributed by atoms with Crippen LogP contribution in [0.15, 0.2) is 53.4 Å². The highest BCUT2D eigenvalue weighted by Gasteiger charge is 2.19. The molecule has 2 aromatic rings. The third-order valence-electron chi connectivity index (χ3n) is 4.33. The second-order valence-corrected chi connectivity index (χ2v) is 7.78. The van der Waals surface area contributed by atoms with Crippen LogP contribution in [-0.4, -0.2) is 45.4 Å². The summed E-state index contributed by atoms with van der Waals surface area (Å²) in [6.45, 7) is 4.39. The van der Waals surface area contributed by atoms with Crippen molar-refractivity contribution in [2.45, 2.75) is 11.8 Å². The lowest BCUT2D eigenvalue weighted by Crippen LogP contribution is -2.48. The van der Waals surface area contributed by atoms with E-state index in [-0.39, 0.29) is 10.8 Å². The Hall–Kier alpha value is -2.61. The van der Waals surface area contributed by atoms with E-state index in [4.69, 9.17) is 0 Å². The largest absolute Gasteiger partial charge is 0.368 e. The van der Waals surface area contributed by atoms with Gasteiger partial charge in [-0.3, -0.25) is 9.52 Å². The van der Waals surface area contributed by atoms with Crippen LogP contribution in [0, 0.1) is 5.82 Å². The van der Waals surface area contributed by atoms with E-state index in [1.807, 2.05) is 17.0 Å². The van der Waals surface area contributed by atoms with Crippen molar-refractivity contribution in [3.8, 4) is 0 Å². The van der Waals surface area contributed by atoms with Crippen molar-refractivity contribution in [2.24, 2.45) is 0 Å². The first kappa shape index (κ1) is 18.2. The number of nitrogens with one attached hydrogen (secondary N) is 1. The lowest BCUT2D eigenvalue weighted by atomic mass is 10.2. The summed E-state index contributed by atoms with van der Waals surface area (Å²) in [6.07, 6.45) is 0. The lowest BCUT2D eigenvalue weighted by molar-refractivity contribution is -0.129. The zero-order chi connectivity index (χ0) is 18.7. The number of piperazine rings is 1. The van der Waals surface area contributed by atoms with Crippen molar-refractivity contribution < 1.29 is 17.6 Å². The van der Waals surface area contributed by atoms with Gasteiger partial charge < -0.3 is 9.80 Å². The van der Waals surface area contributed by atoms with Crippen LogP contribution in [0.2, 0.25) is 0 Å². The molecule has 0 spiro atoms. The van der Waals surface area contributed by atoms with E-state index in [2.05, 4.69) is 9.62 Å². The van der Waals surface area contributed by atoms with Crippen molar-refractivity contribution in [2.75, 3.05) is 35.8 Å². The molecule has 0 saturated carbocycles. The fraction of sp³-hybridized carbons (Fsp3) is 0.278. The van der Waals surface area contributed by atoms with Gasteiger partial charge in [-0.15, -0.1) is 0 Å². The van der Waals surface area contributed by atoms with E-state index in [0.29, 0.717) is 18.8 Å². The van der Waals surface area contributed by atoms with Crippen LogP contribution in [0.25, 0.3) is 0 Å². The minimum Gasteiger partial charge on any atom is -0.368 e. The number of rotatable bonds is 4. The Labute approximate surface area is 152 Å². The normalized spacial score (nSPS) is 15.0. The molecule has 0 unspecified atom stereocenters. The third kappa shape index (κ3) is 4.13. The van der Waals surface area contributed by atoms with E-state index in [1.54, 1.807) is 19.1 Å². The minimum atomic E-state index is -3.76. The van der Waals surface area contributed by atoms with Crippen LogP contribution < -0.4 is 9.62 Å². The fourth-order valence-corrected chi connectivity index (χ4v) is 3.91. The molecule has 6 nitrogen and oxygen atoms in total. The highest BCUT2D eigenvalue weighted by molar-refractivity contribution is 7.92. The maximum absolute atomic E-state index is 12.9. The summed E-state index contributed by atoms with van der Waals surface area (Å²) in [7, 11) is -3.76. The Balaban J connectivity index is 1.66. The average Bonchev–Trinajstić information content (AvgIpc) is 2.62. The third-order valence-corrected chi connectivity index (χ3v) is 5.73. The van der Waals surface area contributed by atoms with E-state index in [0.717, 1.165) is 30.9 Å². The van der Waals surface area contributed by atoms with Crippen LogP contribution >= 0.6 is 0 Å². The predicted molar refractivity (Wildman–Crippen MR) is 98.1 cm³/mol. The van der Waals surface area contributed by atoms with Gasteiger partial charge in [0.15, 0.2) is 0 Å². The van der Waals surface area contributed by atoms with Crippen LogP contribution in [0.5, 0.6) is 0 Å². The minimum absolute atomic E-state index is 0.00308. The molecule has 0 radical (unpaired) electrons. The van der Waals surface area contributed by atoms with Gasteiger partial charge in [0.05, 0.1) is 4.90 Å².